The van der Waals surface area contributed by atoms with Crippen molar-refractivity contribution in [1.29, 1.82) is 0 Å². The van der Waals surface area contributed by atoms with Gasteiger partial charge in [0, 0.05) is 17.8 Å². The second kappa shape index (κ2) is 7.22. The van der Waals surface area contributed by atoms with Crippen molar-refractivity contribution in [2.45, 2.75) is 40.2 Å². The monoisotopic (exact) mass is 301 g/mol. The number of amides is 1. The minimum Gasteiger partial charge on any atom is -0.361 e. The fourth-order valence-electron chi connectivity index (χ4n) is 2.54. The Labute approximate surface area is 131 Å². The van der Waals surface area contributed by atoms with E-state index in [-0.39, 0.29) is 11.8 Å². The van der Waals surface area contributed by atoms with E-state index in [2.05, 4.69) is 22.7 Å². The van der Waals surface area contributed by atoms with Crippen molar-refractivity contribution in [3.63, 3.8) is 0 Å². The molecule has 0 bridgehead atoms. The van der Waals surface area contributed by atoms with Gasteiger partial charge in [-0.1, -0.05) is 30.3 Å². The van der Waals surface area contributed by atoms with Crippen molar-refractivity contribution in [2.24, 2.45) is 0 Å². The Morgan fingerprint density at radius 1 is 1.32 bits per heavy atom. The zero-order chi connectivity index (χ0) is 16.1. The maximum absolute atomic E-state index is 12.5. The van der Waals surface area contributed by atoms with E-state index < -0.39 is 0 Å². The highest BCUT2D eigenvalue weighted by Gasteiger charge is 2.23. The van der Waals surface area contributed by atoms with Crippen LogP contribution in [0.3, 0.4) is 0 Å². The van der Waals surface area contributed by atoms with Crippen molar-refractivity contribution < 1.29 is 9.32 Å². The van der Waals surface area contributed by atoms with Crippen molar-refractivity contribution in [3.05, 3.63) is 46.8 Å². The van der Waals surface area contributed by atoms with Crippen LogP contribution < -0.4 is 10.6 Å². The normalized spacial score (nSPS) is 12.2. The average Bonchev–Trinajstić information content (AvgIpc) is 2.84. The molecule has 1 heterocycles. The molecule has 2 N–H and O–H groups in total. The largest absolute Gasteiger partial charge is 0.361 e. The lowest BCUT2D eigenvalue weighted by Gasteiger charge is -2.15. The molecule has 22 heavy (non-hydrogen) atoms. The molecule has 5 nitrogen and oxygen atoms in total. The van der Waals surface area contributed by atoms with E-state index in [1.807, 2.05) is 45.0 Å². The van der Waals surface area contributed by atoms with Crippen LogP contribution in [0.4, 0.5) is 5.69 Å². The zero-order valence-corrected chi connectivity index (χ0v) is 13.6. The molecule has 1 atom stereocenters. The van der Waals surface area contributed by atoms with Gasteiger partial charge in [0.15, 0.2) is 0 Å². The SMILES string of the molecule is CCNCc1ccccc1NC(=O)[C@H](C)c1c(C)noc1C. The van der Waals surface area contributed by atoms with Gasteiger partial charge in [-0.3, -0.25) is 4.79 Å². The minimum absolute atomic E-state index is 0.0571. The van der Waals surface area contributed by atoms with Gasteiger partial charge in [-0.2, -0.15) is 0 Å². The smallest absolute Gasteiger partial charge is 0.231 e. The van der Waals surface area contributed by atoms with E-state index in [1.54, 1.807) is 0 Å². The summed E-state index contributed by atoms with van der Waals surface area (Å²) in [6.07, 6.45) is 0. The summed E-state index contributed by atoms with van der Waals surface area (Å²) >= 11 is 0. The Balaban J connectivity index is 2.15. The number of para-hydroxylation sites is 1. The lowest BCUT2D eigenvalue weighted by molar-refractivity contribution is -0.117. The highest BCUT2D eigenvalue weighted by atomic mass is 16.5. The number of nitrogens with zero attached hydrogens (tertiary/aromatic N) is 1. The summed E-state index contributed by atoms with van der Waals surface area (Å²) in [7, 11) is 0. The van der Waals surface area contributed by atoms with Gasteiger partial charge < -0.3 is 15.2 Å². The molecule has 2 aromatic rings. The number of aromatic nitrogens is 1. The van der Waals surface area contributed by atoms with Crippen LogP contribution in [-0.4, -0.2) is 17.6 Å². The first-order valence-corrected chi connectivity index (χ1v) is 7.56. The van der Waals surface area contributed by atoms with Crippen molar-refractivity contribution >= 4 is 11.6 Å². The van der Waals surface area contributed by atoms with Crippen LogP contribution in [0.2, 0.25) is 0 Å². The number of carbonyl (C=O) groups excluding carboxylic acids is 1. The highest BCUT2D eigenvalue weighted by Crippen LogP contribution is 2.25. The maximum Gasteiger partial charge on any atom is 0.231 e. The Morgan fingerprint density at radius 2 is 2.05 bits per heavy atom. The van der Waals surface area contributed by atoms with Gasteiger partial charge in [0.2, 0.25) is 5.91 Å². The lowest BCUT2D eigenvalue weighted by Crippen LogP contribution is -2.21. The number of nitrogens with one attached hydrogen (secondary N) is 2. The molecule has 2 rings (SSSR count). The van der Waals surface area contributed by atoms with Crippen LogP contribution in [0.15, 0.2) is 28.8 Å². The van der Waals surface area contributed by atoms with Crippen LogP contribution in [0.1, 0.15) is 42.3 Å². The van der Waals surface area contributed by atoms with E-state index in [9.17, 15) is 4.79 Å². The van der Waals surface area contributed by atoms with Gasteiger partial charge in [-0.25, -0.2) is 0 Å². The molecular weight excluding hydrogens is 278 g/mol. The number of carbonyl (C=O) groups is 1. The Morgan fingerprint density at radius 3 is 2.68 bits per heavy atom. The van der Waals surface area contributed by atoms with Crippen LogP contribution in [0.25, 0.3) is 0 Å². The molecule has 1 aromatic carbocycles. The number of rotatable bonds is 6. The average molecular weight is 301 g/mol. The van der Waals surface area contributed by atoms with Crippen LogP contribution in [0.5, 0.6) is 0 Å². The van der Waals surface area contributed by atoms with Crippen molar-refractivity contribution in [1.82, 2.24) is 10.5 Å². The molecule has 0 aliphatic carbocycles. The second-order valence-electron chi connectivity index (χ2n) is 5.39. The summed E-state index contributed by atoms with van der Waals surface area (Å²) in [4.78, 5) is 12.5. The molecule has 0 unspecified atom stereocenters. The summed E-state index contributed by atoms with van der Waals surface area (Å²) in [6, 6.07) is 7.83. The molecule has 118 valence electrons. The molecule has 5 heteroatoms. The van der Waals surface area contributed by atoms with E-state index in [0.717, 1.165) is 35.6 Å². The van der Waals surface area contributed by atoms with E-state index in [1.165, 1.54) is 0 Å². The third-order valence-electron chi connectivity index (χ3n) is 3.76. The summed E-state index contributed by atoms with van der Waals surface area (Å²) in [5.41, 5.74) is 3.54. The number of aryl methyl sites for hydroxylation is 2. The minimum atomic E-state index is -0.307. The molecule has 0 aliphatic rings. The summed E-state index contributed by atoms with van der Waals surface area (Å²) < 4.78 is 5.15. The van der Waals surface area contributed by atoms with E-state index in [0.29, 0.717) is 5.76 Å². The number of hydrogen-bond donors (Lipinski definition) is 2. The summed E-state index contributed by atoms with van der Waals surface area (Å²) in [5, 5.41) is 10.2. The Bertz CT molecular complexity index is 630. The zero-order valence-electron chi connectivity index (χ0n) is 13.6. The van der Waals surface area contributed by atoms with Gasteiger partial charge in [0.1, 0.15) is 5.76 Å². The molecule has 0 fully saturated rings. The first-order chi connectivity index (χ1) is 10.5. The predicted octanol–water partition coefficient (Wildman–Crippen LogP) is 3.14. The quantitative estimate of drug-likeness (QED) is 0.860. The van der Waals surface area contributed by atoms with Gasteiger partial charge >= 0.3 is 0 Å². The standard InChI is InChI=1S/C17H23N3O2/c1-5-18-10-14-8-6-7-9-15(14)19-17(21)11(2)16-12(3)20-22-13(16)4/h6-9,11,18H,5,10H2,1-4H3,(H,19,21)/t11-/m1/s1. The van der Waals surface area contributed by atoms with Crippen molar-refractivity contribution in [2.75, 3.05) is 11.9 Å². The Hall–Kier alpha value is -2.14. The number of hydrogen-bond acceptors (Lipinski definition) is 4. The third kappa shape index (κ3) is 3.54. The summed E-state index contributed by atoms with van der Waals surface area (Å²) in [5.74, 6) is 0.331. The van der Waals surface area contributed by atoms with E-state index >= 15 is 0 Å². The molecule has 0 radical (unpaired) electrons. The number of anilines is 1. The molecular formula is C17H23N3O2. The predicted molar refractivity (Wildman–Crippen MR) is 86.8 cm³/mol. The maximum atomic E-state index is 12.5. The topological polar surface area (TPSA) is 67.2 Å². The van der Waals surface area contributed by atoms with E-state index in [4.69, 9.17) is 4.52 Å². The van der Waals surface area contributed by atoms with Gasteiger partial charge in [0.05, 0.1) is 11.6 Å². The highest BCUT2D eigenvalue weighted by molar-refractivity contribution is 5.96. The molecule has 0 saturated heterocycles. The van der Waals surface area contributed by atoms with Crippen LogP contribution in [0, 0.1) is 13.8 Å². The molecule has 1 aromatic heterocycles. The lowest BCUT2D eigenvalue weighted by atomic mass is 9.98. The van der Waals surface area contributed by atoms with Crippen LogP contribution in [-0.2, 0) is 11.3 Å². The molecule has 1 amide bonds. The van der Waals surface area contributed by atoms with Gasteiger partial charge in [0.25, 0.3) is 0 Å². The Kier molecular flexibility index (Phi) is 5.33. The third-order valence-corrected chi connectivity index (χ3v) is 3.76. The number of benzene rings is 1. The fraction of sp³-hybridized carbons (Fsp3) is 0.412. The molecule has 0 saturated carbocycles. The van der Waals surface area contributed by atoms with Crippen LogP contribution >= 0.6 is 0 Å². The van der Waals surface area contributed by atoms with Gasteiger partial charge in [-0.15, -0.1) is 0 Å². The molecule has 0 spiro atoms. The fourth-order valence-corrected chi connectivity index (χ4v) is 2.54. The molecule has 0 aliphatic heterocycles. The van der Waals surface area contributed by atoms with Gasteiger partial charge in [-0.05, 0) is 38.9 Å². The second-order valence-corrected chi connectivity index (χ2v) is 5.39. The first-order valence-electron chi connectivity index (χ1n) is 7.56. The van der Waals surface area contributed by atoms with Crippen molar-refractivity contribution in [3.8, 4) is 0 Å². The summed E-state index contributed by atoms with van der Waals surface area (Å²) in [6.45, 7) is 9.23. The first kappa shape index (κ1) is 16.2.